The molecule has 0 N–H and O–H groups in total. The molecule has 0 bridgehead atoms. The van der Waals surface area contributed by atoms with E-state index in [4.69, 9.17) is 0 Å². The quantitative estimate of drug-likeness (QED) is 0.619. The van der Waals surface area contributed by atoms with Gasteiger partial charge < -0.3 is 0 Å². The first-order valence-corrected chi connectivity index (χ1v) is 6.04. The fraction of sp³-hybridized carbons (Fsp3) is 0.167. The Morgan fingerprint density at radius 3 is 3.00 bits per heavy atom. The smallest absolute Gasteiger partial charge is 0.253 e. The Balaban J connectivity index is 2.13. The number of rotatable bonds is 3. The van der Waals surface area contributed by atoms with Gasteiger partial charge in [0.15, 0.2) is 5.16 Å². The highest BCUT2D eigenvalue weighted by Crippen LogP contribution is 2.19. The van der Waals surface area contributed by atoms with Gasteiger partial charge >= 0.3 is 0 Å². The summed E-state index contributed by atoms with van der Waals surface area (Å²) in [5, 5.41) is 0.627. The first-order chi connectivity index (χ1) is 8.16. The summed E-state index contributed by atoms with van der Waals surface area (Å²) < 4.78 is 14.4. The Kier molecular flexibility index (Phi) is 3.58. The van der Waals surface area contributed by atoms with Gasteiger partial charge in [0.1, 0.15) is 5.82 Å². The second-order valence-corrected chi connectivity index (χ2v) is 4.49. The van der Waals surface area contributed by atoms with Gasteiger partial charge in [0.25, 0.3) is 5.56 Å². The monoisotopic (exact) mass is 250 g/mol. The van der Waals surface area contributed by atoms with Crippen LogP contribution in [0.2, 0.25) is 0 Å². The maximum absolute atomic E-state index is 13.0. The van der Waals surface area contributed by atoms with Crippen LogP contribution >= 0.6 is 11.8 Å². The van der Waals surface area contributed by atoms with E-state index in [1.165, 1.54) is 40.7 Å². The molecule has 5 heteroatoms. The summed E-state index contributed by atoms with van der Waals surface area (Å²) in [6, 6.07) is 7.81. The van der Waals surface area contributed by atoms with Gasteiger partial charge in [0.05, 0.1) is 0 Å². The lowest BCUT2D eigenvalue weighted by Gasteiger charge is -2.05. The number of aromatic nitrogens is 2. The number of halogens is 1. The lowest BCUT2D eigenvalue weighted by Crippen LogP contribution is -2.17. The molecule has 1 aromatic heterocycles. The van der Waals surface area contributed by atoms with Crippen LogP contribution in [0.25, 0.3) is 0 Å². The highest BCUT2D eigenvalue weighted by Gasteiger charge is 2.03. The van der Waals surface area contributed by atoms with Crippen molar-refractivity contribution < 1.29 is 4.39 Å². The summed E-state index contributed by atoms with van der Waals surface area (Å²) >= 11 is 1.41. The zero-order chi connectivity index (χ0) is 12.3. The molecule has 0 saturated heterocycles. The van der Waals surface area contributed by atoms with Crippen molar-refractivity contribution in [3.05, 3.63) is 58.3 Å². The Hall–Kier alpha value is -1.62. The number of thioether (sulfide) groups is 1. The van der Waals surface area contributed by atoms with Gasteiger partial charge in [-0.1, -0.05) is 23.9 Å². The Labute approximate surface area is 102 Å². The van der Waals surface area contributed by atoms with Crippen molar-refractivity contribution in [1.29, 1.82) is 0 Å². The molecular weight excluding hydrogens is 239 g/mol. The van der Waals surface area contributed by atoms with E-state index in [0.29, 0.717) is 10.9 Å². The van der Waals surface area contributed by atoms with Gasteiger partial charge in [0.2, 0.25) is 0 Å². The molecule has 0 radical (unpaired) electrons. The van der Waals surface area contributed by atoms with Crippen LogP contribution in [0.1, 0.15) is 5.56 Å². The first-order valence-electron chi connectivity index (χ1n) is 5.06. The van der Waals surface area contributed by atoms with Crippen LogP contribution < -0.4 is 5.56 Å². The summed E-state index contributed by atoms with van der Waals surface area (Å²) in [5.41, 5.74) is 0.773. The third-order valence-corrected chi connectivity index (χ3v) is 3.39. The van der Waals surface area contributed by atoms with Crippen molar-refractivity contribution >= 4 is 11.8 Å². The van der Waals surface area contributed by atoms with E-state index in [1.54, 1.807) is 13.1 Å². The van der Waals surface area contributed by atoms with Gasteiger partial charge in [-0.15, -0.1) is 0 Å². The normalized spacial score (nSPS) is 10.5. The molecule has 0 spiro atoms. The lowest BCUT2D eigenvalue weighted by molar-refractivity contribution is 0.626. The molecule has 0 aliphatic carbocycles. The Morgan fingerprint density at radius 2 is 2.24 bits per heavy atom. The van der Waals surface area contributed by atoms with E-state index in [-0.39, 0.29) is 11.4 Å². The van der Waals surface area contributed by atoms with E-state index in [9.17, 15) is 9.18 Å². The van der Waals surface area contributed by atoms with Crippen LogP contribution in [0.5, 0.6) is 0 Å². The van der Waals surface area contributed by atoms with E-state index < -0.39 is 0 Å². The minimum atomic E-state index is -0.252. The fourth-order valence-corrected chi connectivity index (χ4v) is 2.26. The van der Waals surface area contributed by atoms with Crippen LogP contribution in [0, 0.1) is 5.82 Å². The van der Waals surface area contributed by atoms with Gasteiger partial charge in [-0.25, -0.2) is 9.37 Å². The molecule has 0 amide bonds. The van der Waals surface area contributed by atoms with Crippen molar-refractivity contribution in [2.45, 2.75) is 10.9 Å². The summed E-state index contributed by atoms with van der Waals surface area (Å²) in [7, 11) is 1.67. The molecule has 0 aliphatic heterocycles. The van der Waals surface area contributed by atoms with Crippen molar-refractivity contribution in [1.82, 2.24) is 9.55 Å². The third-order valence-electron chi connectivity index (χ3n) is 2.28. The largest absolute Gasteiger partial charge is 0.291 e. The SMILES string of the molecule is Cn1c(SCc2cccc(F)c2)nccc1=O. The van der Waals surface area contributed by atoms with Crippen LogP contribution in [0.4, 0.5) is 4.39 Å². The molecule has 17 heavy (non-hydrogen) atoms. The molecule has 88 valence electrons. The second-order valence-electron chi connectivity index (χ2n) is 3.54. The third kappa shape index (κ3) is 2.94. The molecule has 2 aromatic rings. The molecule has 0 saturated carbocycles. The topological polar surface area (TPSA) is 34.9 Å². The van der Waals surface area contributed by atoms with Gasteiger partial charge in [-0.05, 0) is 17.7 Å². The number of nitrogens with zero attached hydrogens (tertiary/aromatic N) is 2. The minimum Gasteiger partial charge on any atom is -0.291 e. The minimum absolute atomic E-state index is 0.0956. The van der Waals surface area contributed by atoms with E-state index in [2.05, 4.69) is 4.98 Å². The van der Waals surface area contributed by atoms with Gasteiger partial charge in [-0.3, -0.25) is 9.36 Å². The summed E-state index contributed by atoms with van der Waals surface area (Å²) in [6.07, 6.45) is 1.48. The van der Waals surface area contributed by atoms with E-state index >= 15 is 0 Å². The van der Waals surface area contributed by atoms with Crippen LogP contribution in [0.15, 0.2) is 46.5 Å². The Morgan fingerprint density at radius 1 is 1.41 bits per heavy atom. The van der Waals surface area contributed by atoms with Gasteiger partial charge in [-0.2, -0.15) is 0 Å². The van der Waals surface area contributed by atoms with Gasteiger partial charge in [0, 0.05) is 25.1 Å². The maximum atomic E-state index is 13.0. The zero-order valence-corrected chi connectivity index (χ0v) is 10.1. The zero-order valence-electron chi connectivity index (χ0n) is 9.26. The van der Waals surface area contributed by atoms with E-state index in [1.807, 2.05) is 6.07 Å². The molecule has 0 fully saturated rings. The van der Waals surface area contributed by atoms with E-state index in [0.717, 1.165) is 5.56 Å². The molecule has 1 heterocycles. The fourth-order valence-electron chi connectivity index (χ4n) is 1.37. The number of hydrogen-bond acceptors (Lipinski definition) is 3. The molecular formula is C12H11FN2OS. The van der Waals surface area contributed by atoms with Crippen molar-refractivity contribution in [2.75, 3.05) is 0 Å². The number of hydrogen-bond donors (Lipinski definition) is 0. The molecule has 0 atom stereocenters. The summed E-state index contributed by atoms with van der Waals surface area (Å²) in [5.74, 6) is 0.334. The van der Waals surface area contributed by atoms with Crippen molar-refractivity contribution in [3.8, 4) is 0 Å². The second kappa shape index (κ2) is 5.14. The highest BCUT2D eigenvalue weighted by atomic mass is 32.2. The molecule has 1 aromatic carbocycles. The first kappa shape index (κ1) is 11.9. The van der Waals surface area contributed by atoms with Crippen LogP contribution in [0.3, 0.4) is 0 Å². The van der Waals surface area contributed by atoms with Crippen LogP contribution in [-0.4, -0.2) is 9.55 Å². The predicted molar refractivity (Wildman–Crippen MR) is 65.4 cm³/mol. The average molecular weight is 250 g/mol. The molecule has 2 rings (SSSR count). The molecule has 3 nitrogen and oxygen atoms in total. The standard InChI is InChI=1S/C12H11FN2OS/c1-15-11(16)5-6-14-12(15)17-8-9-3-2-4-10(13)7-9/h2-7H,8H2,1H3. The Bertz CT molecular complexity index is 583. The summed E-state index contributed by atoms with van der Waals surface area (Å²) in [6.45, 7) is 0. The van der Waals surface area contributed by atoms with Crippen LogP contribution in [-0.2, 0) is 12.8 Å². The van der Waals surface area contributed by atoms with Crippen molar-refractivity contribution in [2.24, 2.45) is 7.05 Å². The highest BCUT2D eigenvalue weighted by molar-refractivity contribution is 7.98. The average Bonchev–Trinajstić information content (AvgIpc) is 2.31. The maximum Gasteiger partial charge on any atom is 0.253 e. The lowest BCUT2D eigenvalue weighted by atomic mass is 10.2. The molecule has 0 unspecified atom stereocenters. The predicted octanol–water partition coefficient (Wildman–Crippen LogP) is 2.21. The van der Waals surface area contributed by atoms with Crippen molar-refractivity contribution in [3.63, 3.8) is 0 Å². The summed E-state index contributed by atoms with van der Waals surface area (Å²) in [4.78, 5) is 15.5. The number of benzene rings is 1. The molecule has 0 aliphatic rings.